The van der Waals surface area contributed by atoms with Crippen LogP contribution in [0.25, 0.3) is 0 Å². The fraction of sp³-hybridized carbons (Fsp3) is 0.583. The van der Waals surface area contributed by atoms with Gasteiger partial charge in [-0.25, -0.2) is 0 Å². The summed E-state index contributed by atoms with van der Waals surface area (Å²) in [7, 11) is 0. The van der Waals surface area contributed by atoms with Gasteiger partial charge in [0.05, 0.1) is 0 Å². The molecule has 0 spiro atoms. The second-order valence-electron chi connectivity index (χ2n) is 4.41. The maximum Gasteiger partial charge on any atom is 0.0300 e. The molecule has 1 heterocycles. The zero-order valence-corrected chi connectivity index (χ0v) is 9.02. The summed E-state index contributed by atoms with van der Waals surface area (Å²) >= 11 is 0. The molecule has 0 aromatic carbocycles. The van der Waals surface area contributed by atoms with Crippen molar-refractivity contribution >= 4 is 0 Å². The van der Waals surface area contributed by atoms with Gasteiger partial charge in [0.25, 0.3) is 0 Å². The molecule has 1 saturated carbocycles. The summed E-state index contributed by atoms with van der Waals surface area (Å²) in [5.74, 6) is 0.814. The highest BCUT2D eigenvalue weighted by molar-refractivity contribution is 5.08. The largest absolute Gasteiger partial charge is 0.328 e. The van der Waals surface area contributed by atoms with E-state index in [0.29, 0.717) is 6.04 Å². The molecule has 1 aliphatic rings. The maximum atomic E-state index is 5.73. The van der Waals surface area contributed by atoms with Crippen LogP contribution >= 0.6 is 0 Å². The minimum absolute atomic E-state index is 0.468. The number of nitrogens with one attached hydrogen (secondary N) is 1. The Labute approximate surface area is 91.1 Å². The van der Waals surface area contributed by atoms with E-state index in [1.807, 2.05) is 18.5 Å². The molecule has 0 atom stereocenters. The van der Waals surface area contributed by atoms with Crippen molar-refractivity contribution in [2.24, 2.45) is 11.7 Å². The van der Waals surface area contributed by atoms with Crippen LogP contribution in [-0.4, -0.2) is 24.1 Å². The molecule has 82 valence electrons. The Balaban J connectivity index is 1.56. The van der Waals surface area contributed by atoms with Gasteiger partial charge in [-0.05, 0) is 49.9 Å². The summed E-state index contributed by atoms with van der Waals surface area (Å²) in [5.41, 5.74) is 7.03. The van der Waals surface area contributed by atoms with Crippen molar-refractivity contribution in [2.75, 3.05) is 13.1 Å². The quantitative estimate of drug-likeness (QED) is 0.704. The number of hydrogen-bond donors (Lipinski definition) is 2. The summed E-state index contributed by atoms with van der Waals surface area (Å²) < 4.78 is 0. The minimum atomic E-state index is 0.468. The number of hydrogen-bond acceptors (Lipinski definition) is 3. The first kappa shape index (κ1) is 10.6. The number of pyridine rings is 1. The second kappa shape index (κ2) is 5.24. The first-order valence-electron chi connectivity index (χ1n) is 5.70. The third-order valence-electron chi connectivity index (χ3n) is 3.02. The van der Waals surface area contributed by atoms with Gasteiger partial charge in [-0.3, -0.25) is 4.98 Å². The van der Waals surface area contributed by atoms with Crippen molar-refractivity contribution in [1.29, 1.82) is 0 Å². The Kier molecular flexibility index (Phi) is 3.69. The lowest BCUT2D eigenvalue weighted by Gasteiger charge is -2.32. The smallest absolute Gasteiger partial charge is 0.0300 e. The highest BCUT2D eigenvalue weighted by Crippen LogP contribution is 2.24. The van der Waals surface area contributed by atoms with E-state index in [1.54, 1.807) is 0 Å². The Morgan fingerprint density at radius 2 is 2.33 bits per heavy atom. The van der Waals surface area contributed by atoms with E-state index in [2.05, 4.69) is 16.4 Å². The zero-order valence-electron chi connectivity index (χ0n) is 9.02. The van der Waals surface area contributed by atoms with Crippen LogP contribution in [0.3, 0.4) is 0 Å². The van der Waals surface area contributed by atoms with Gasteiger partial charge in [-0.1, -0.05) is 6.07 Å². The van der Waals surface area contributed by atoms with Gasteiger partial charge in [-0.2, -0.15) is 0 Å². The summed E-state index contributed by atoms with van der Waals surface area (Å²) in [6.45, 7) is 2.16. The van der Waals surface area contributed by atoms with Crippen LogP contribution in [0.4, 0.5) is 0 Å². The Bertz CT molecular complexity index is 280. The molecule has 0 aliphatic heterocycles. The maximum absolute atomic E-state index is 5.73. The molecule has 3 heteroatoms. The zero-order chi connectivity index (χ0) is 10.5. The lowest BCUT2D eigenvalue weighted by atomic mass is 9.81. The van der Waals surface area contributed by atoms with Gasteiger partial charge in [0.2, 0.25) is 0 Å². The molecular weight excluding hydrogens is 186 g/mol. The Hall–Kier alpha value is -0.930. The molecule has 3 N–H and O–H groups in total. The van der Waals surface area contributed by atoms with Crippen molar-refractivity contribution in [3.8, 4) is 0 Å². The van der Waals surface area contributed by atoms with E-state index in [-0.39, 0.29) is 0 Å². The molecule has 1 aliphatic carbocycles. The summed E-state index contributed by atoms with van der Waals surface area (Å²) in [5, 5.41) is 3.47. The SMILES string of the molecule is NC1CC(CNCCc2cccnc2)C1. The highest BCUT2D eigenvalue weighted by atomic mass is 14.9. The van der Waals surface area contributed by atoms with Crippen LogP contribution < -0.4 is 11.1 Å². The van der Waals surface area contributed by atoms with Gasteiger partial charge >= 0.3 is 0 Å². The topological polar surface area (TPSA) is 50.9 Å². The molecule has 2 rings (SSSR count). The fourth-order valence-corrected chi connectivity index (χ4v) is 2.04. The van der Waals surface area contributed by atoms with Gasteiger partial charge in [0, 0.05) is 18.4 Å². The monoisotopic (exact) mass is 205 g/mol. The van der Waals surface area contributed by atoms with Crippen LogP contribution in [0.2, 0.25) is 0 Å². The lowest BCUT2D eigenvalue weighted by Crippen LogP contribution is -2.41. The molecule has 1 aromatic rings. The normalized spacial score (nSPS) is 24.9. The van der Waals surface area contributed by atoms with Gasteiger partial charge < -0.3 is 11.1 Å². The highest BCUT2D eigenvalue weighted by Gasteiger charge is 2.24. The van der Waals surface area contributed by atoms with Gasteiger partial charge in [0.1, 0.15) is 0 Å². The van der Waals surface area contributed by atoms with E-state index >= 15 is 0 Å². The van der Waals surface area contributed by atoms with Crippen LogP contribution in [0, 0.1) is 5.92 Å². The first-order valence-corrected chi connectivity index (χ1v) is 5.70. The van der Waals surface area contributed by atoms with Gasteiger partial charge in [-0.15, -0.1) is 0 Å². The van der Waals surface area contributed by atoms with Crippen molar-refractivity contribution in [1.82, 2.24) is 10.3 Å². The standard InChI is InChI=1S/C12H19N3/c13-12-6-11(7-12)9-15-5-3-10-2-1-4-14-8-10/h1-2,4,8,11-12,15H,3,5-7,9,13H2. The third-order valence-corrected chi connectivity index (χ3v) is 3.02. The van der Waals surface area contributed by atoms with Crippen molar-refractivity contribution in [2.45, 2.75) is 25.3 Å². The lowest BCUT2D eigenvalue weighted by molar-refractivity contribution is 0.257. The van der Waals surface area contributed by atoms with E-state index in [9.17, 15) is 0 Å². The van der Waals surface area contributed by atoms with E-state index in [4.69, 9.17) is 5.73 Å². The van der Waals surface area contributed by atoms with Crippen molar-refractivity contribution in [3.05, 3.63) is 30.1 Å². The molecule has 3 nitrogen and oxygen atoms in total. The molecule has 0 unspecified atom stereocenters. The number of aromatic nitrogens is 1. The third kappa shape index (κ3) is 3.29. The summed E-state index contributed by atoms with van der Waals surface area (Å²) in [4.78, 5) is 4.09. The average molecular weight is 205 g/mol. The molecular formula is C12H19N3. The van der Waals surface area contributed by atoms with E-state index < -0.39 is 0 Å². The molecule has 0 amide bonds. The Morgan fingerprint density at radius 3 is 3.00 bits per heavy atom. The second-order valence-corrected chi connectivity index (χ2v) is 4.41. The van der Waals surface area contributed by atoms with Crippen molar-refractivity contribution in [3.63, 3.8) is 0 Å². The number of nitrogens with two attached hydrogens (primary N) is 1. The summed E-state index contributed by atoms with van der Waals surface area (Å²) in [6.07, 6.45) is 7.19. The molecule has 0 radical (unpaired) electrons. The number of rotatable bonds is 5. The first-order chi connectivity index (χ1) is 7.34. The molecule has 0 bridgehead atoms. The predicted molar refractivity (Wildman–Crippen MR) is 61.5 cm³/mol. The van der Waals surface area contributed by atoms with E-state index in [1.165, 1.54) is 18.4 Å². The molecule has 15 heavy (non-hydrogen) atoms. The van der Waals surface area contributed by atoms with Crippen LogP contribution in [-0.2, 0) is 6.42 Å². The average Bonchev–Trinajstić information content (AvgIpc) is 2.23. The predicted octanol–water partition coefficient (Wildman–Crippen LogP) is 0.951. The molecule has 1 fully saturated rings. The van der Waals surface area contributed by atoms with Crippen molar-refractivity contribution < 1.29 is 0 Å². The van der Waals surface area contributed by atoms with Gasteiger partial charge in [0.15, 0.2) is 0 Å². The van der Waals surface area contributed by atoms with Crippen LogP contribution in [0.1, 0.15) is 18.4 Å². The van der Waals surface area contributed by atoms with Crippen LogP contribution in [0.5, 0.6) is 0 Å². The molecule has 0 saturated heterocycles. The molecule has 1 aromatic heterocycles. The van der Waals surface area contributed by atoms with Crippen LogP contribution in [0.15, 0.2) is 24.5 Å². The number of nitrogens with zero attached hydrogens (tertiary/aromatic N) is 1. The minimum Gasteiger partial charge on any atom is -0.328 e. The van der Waals surface area contributed by atoms with E-state index in [0.717, 1.165) is 25.4 Å². The fourth-order valence-electron chi connectivity index (χ4n) is 2.04. The summed E-state index contributed by atoms with van der Waals surface area (Å²) in [6, 6.07) is 4.57. The Morgan fingerprint density at radius 1 is 1.47 bits per heavy atom.